The summed E-state index contributed by atoms with van der Waals surface area (Å²) in [6.45, 7) is -0.191. The van der Waals surface area contributed by atoms with E-state index in [1.54, 1.807) is 12.1 Å². The summed E-state index contributed by atoms with van der Waals surface area (Å²) in [5.74, 6) is -0.826. The Morgan fingerprint density at radius 1 is 1.37 bits per heavy atom. The number of esters is 1. The number of carbonyl (C=O) groups is 2. The summed E-state index contributed by atoms with van der Waals surface area (Å²) >= 11 is 0. The van der Waals surface area contributed by atoms with Crippen LogP contribution in [0.25, 0.3) is 0 Å². The third-order valence-corrected chi connectivity index (χ3v) is 2.38. The Bertz CT molecular complexity index is 422. The van der Waals surface area contributed by atoms with E-state index in [9.17, 15) is 9.59 Å². The van der Waals surface area contributed by atoms with Gasteiger partial charge in [-0.15, -0.1) is 12.4 Å². The van der Waals surface area contributed by atoms with Crippen LogP contribution in [0.5, 0.6) is 5.75 Å². The van der Waals surface area contributed by atoms with Gasteiger partial charge in [0.25, 0.3) is 0 Å². The van der Waals surface area contributed by atoms with Crippen molar-refractivity contribution in [1.29, 1.82) is 0 Å². The van der Waals surface area contributed by atoms with Gasteiger partial charge in [0.15, 0.2) is 0 Å². The number of aromatic hydroxyl groups is 1. The lowest BCUT2D eigenvalue weighted by molar-refractivity contribution is -0.144. The average molecular weight is 289 g/mol. The van der Waals surface area contributed by atoms with Crippen molar-refractivity contribution in [3.8, 4) is 5.75 Å². The number of carbonyl (C=O) groups excluding carboxylic acids is 2. The normalized spacial score (nSPS) is 11.1. The summed E-state index contributed by atoms with van der Waals surface area (Å²) in [4.78, 5) is 22.7. The van der Waals surface area contributed by atoms with Crippen LogP contribution in [0.3, 0.4) is 0 Å². The van der Waals surface area contributed by atoms with Crippen LogP contribution in [0.1, 0.15) is 5.56 Å². The molecule has 7 heteroatoms. The number of benzene rings is 1. The highest BCUT2D eigenvalue weighted by molar-refractivity contribution is 5.85. The Balaban J connectivity index is 0.00000324. The fraction of sp³-hybridized carbons (Fsp3) is 0.333. The smallest absolute Gasteiger partial charge is 0.328 e. The van der Waals surface area contributed by atoms with E-state index < -0.39 is 17.9 Å². The number of phenols is 1. The molecule has 4 N–H and O–H groups in total. The quantitative estimate of drug-likeness (QED) is 0.661. The number of amides is 1. The molecule has 0 spiro atoms. The Labute approximate surface area is 117 Å². The molecule has 106 valence electrons. The van der Waals surface area contributed by atoms with Crippen molar-refractivity contribution < 1.29 is 19.4 Å². The molecule has 1 unspecified atom stereocenters. The fourth-order valence-electron chi connectivity index (χ4n) is 1.46. The standard InChI is InChI=1S/C12H16N2O4.ClH/c1-18-12(17)10(14-11(16)7-13)6-8-2-4-9(15)5-3-8;/h2-5,10,15H,6-7,13H2,1H3,(H,14,16);1H. The maximum Gasteiger partial charge on any atom is 0.328 e. The molecule has 1 aromatic rings. The number of phenolic OH excluding ortho intramolecular Hbond substituents is 1. The minimum Gasteiger partial charge on any atom is -0.508 e. The molecule has 19 heavy (non-hydrogen) atoms. The highest BCUT2D eigenvalue weighted by Gasteiger charge is 2.21. The summed E-state index contributed by atoms with van der Waals surface area (Å²) in [5, 5.41) is 11.6. The molecule has 1 amide bonds. The van der Waals surface area contributed by atoms with Gasteiger partial charge in [0, 0.05) is 6.42 Å². The van der Waals surface area contributed by atoms with Crippen LogP contribution in [0.15, 0.2) is 24.3 Å². The molecule has 0 saturated heterocycles. The van der Waals surface area contributed by atoms with Crippen LogP contribution in [0, 0.1) is 0 Å². The van der Waals surface area contributed by atoms with Gasteiger partial charge < -0.3 is 20.9 Å². The molecular weight excluding hydrogens is 272 g/mol. The van der Waals surface area contributed by atoms with Gasteiger partial charge in [-0.1, -0.05) is 12.1 Å². The molecule has 1 atom stereocenters. The Kier molecular flexibility index (Phi) is 7.55. The second-order valence-electron chi connectivity index (χ2n) is 3.72. The Morgan fingerprint density at radius 2 is 1.95 bits per heavy atom. The molecule has 6 nitrogen and oxygen atoms in total. The monoisotopic (exact) mass is 288 g/mol. The molecule has 0 bridgehead atoms. The zero-order valence-corrected chi connectivity index (χ0v) is 11.3. The largest absolute Gasteiger partial charge is 0.508 e. The van der Waals surface area contributed by atoms with Crippen LogP contribution in [-0.4, -0.2) is 36.7 Å². The fourth-order valence-corrected chi connectivity index (χ4v) is 1.46. The van der Waals surface area contributed by atoms with Gasteiger partial charge in [-0.3, -0.25) is 4.79 Å². The SMILES string of the molecule is COC(=O)C(Cc1ccc(O)cc1)NC(=O)CN.Cl. The lowest BCUT2D eigenvalue weighted by Crippen LogP contribution is -2.45. The third-order valence-electron chi connectivity index (χ3n) is 2.38. The second kappa shape index (κ2) is 8.34. The number of ether oxygens (including phenoxy) is 1. The molecule has 0 aliphatic rings. The Morgan fingerprint density at radius 3 is 2.42 bits per heavy atom. The molecule has 0 aliphatic carbocycles. The van der Waals surface area contributed by atoms with E-state index in [2.05, 4.69) is 10.1 Å². The highest BCUT2D eigenvalue weighted by atomic mass is 35.5. The van der Waals surface area contributed by atoms with Crippen molar-refractivity contribution in [3.63, 3.8) is 0 Å². The minimum atomic E-state index is -0.782. The maximum atomic E-state index is 11.5. The zero-order valence-electron chi connectivity index (χ0n) is 10.5. The van der Waals surface area contributed by atoms with Gasteiger partial charge >= 0.3 is 5.97 Å². The predicted octanol–water partition coefficient (Wildman–Crippen LogP) is -0.0270. The predicted molar refractivity (Wildman–Crippen MR) is 72.1 cm³/mol. The molecule has 0 aromatic heterocycles. The van der Waals surface area contributed by atoms with Gasteiger partial charge in [0.2, 0.25) is 5.91 Å². The number of nitrogens with two attached hydrogens (primary N) is 1. The van der Waals surface area contributed by atoms with Crippen LogP contribution >= 0.6 is 12.4 Å². The lowest BCUT2D eigenvalue weighted by atomic mass is 10.1. The van der Waals surface area contributed by atoms with Crippen molar-refractivity contribution in [2.24, 2.45) is 5.73 Å². The molecule has 1 aromatic carbocycles. The van der Waals surface area contributed by atoms with Crippen LogP contribution < -0.4 is 11.1 Å². The first kappa shape index (κ1) is 17.2. The van der Waals surface area contributed by atoms with Gasteiger partial charge in [0.1, 0.15) is 11.8 Å². The molecule has 0 aliphatic heterocycles. The topological polar surface area (TPSA) is 102 Å². The first-order valence-electron chi connectivity index (χ1n) is 5.42. The van der Waals surface area contributed by atoms with Gasteiger partial charge in [0.05, 0.1) is 13.7 Å². The molecular formula is C12H17ClN2O4. The van der Waals surface area contributed by atoms with E-state index in [-0.39, 0.29) is 31.1 Å². The van der Waals surface area contributed by atoms with Crippen molar-refractivity contribution in [1.82, 2.24) is 5.32 Å². The van der Waals surface area contributed by atoms with Crippen molar-refractivity contribution in [2.75, 3.05) is 13.7 Å². The number of hydrogen-bond donors (Lipinski definition) is 3. The van der Waals surface area contributed by atoms with Crippen molar-refractivity contribution in [3.05, 3.63) is 29.8 Å². The van der Waals surface area contributed by atoms with Gasteiger partial charge in [-0.2, -0.15) is 0 Å². The van der Waals surface area contributed by atoms with Crippen LogP contribution in [-0.2, 0) is 20.7 Å². The van der Waals surface area contributed by atoms with E-state index in [1.165, 1.54) is 19.2 Å². The van der Waals surface area contributed by atoms with Crippen LogP contribution in [0.2, 0.25) is 0 Å². The minimum absolute atomic E-state index is 0. The van der Waals surface area contributed by atoms with E-state index in [0.29, 0.717) is 0 Å². The Hall–Kier alpha value is -1.79. The van der Waals surface area contributed by atoms with E-state index in [1.807, 2.05) is 0 Å². The lowest BCUT2D eigenvalue weighted by Gasteiger charge is -2.16. The van der Waals surface area contributed by atoms with Crippen molar-refractivity contribution in [2.45, 2.75) is 12.5 Å². The number of rotatable bonds is 5. The number of hydrogen-bond acceptors (Lipinski definition) is 5. The van der Waals surface area contributed by atoms with Gasteiger partial charge in [-0.25, -0.2) is 4.79 Å². The first-order valence-corrected chi connectivity index (χ1v) is 5.42. The average Bonchev–Trinajstić information content (AvgIpc) is 2.39. The summed E-state index contributed by atoms with van der Waals surface area (Å²) in [5.41, 5.74) is 5.97. The van der Waals surface area contributed by atoms with Gasteiger partial charge in [-0.05, 0) is 17.7 Å². The number of nitrogens with one attached hydrogen (secondary N) is 1. The summed E-state index contributed by atoms with van der Waals surface area (Å²) in [6, 6.07) is 5.57. The second-order valence-corrected chi connectivity index (χ2v) is 3.72. The van der Waals surface area contributed by atoms with Crippen molar-refractivity contribution >= 4 is 24.3 Å². The van der Waals surface area contributed by atoms with E-state index in [4.69, 9.17) is 10.8 Å². The third kappa shape index (κ3) is 5.58. The number of halogens is 1. The molecule has 0 radical (unpaired) electrons. The summed E-state index contributed by atoms with van der Waals surface area (Å²) < 4.78 is 4.61. The summed E-state index contributed by atoms with van der Waals surface area (Å²) in [7, 11) is 1.25. The first-order chi connectivity index (χ1) is 8.56. The number of methoxy groups -OCH3 is 1. The molecule has 1 rings (SSSR count). The summed E-state index contributed by atoms with van der Waals surface area (Å²) in [6.07, 6.45) is 0.276. The molecule has 0 fully saturated rings. The highest BCUT2D eigenvalue weighted by Crippen LogP contribution is 2.11. The maximum absolute atomic E-state index is 11.5. The van der Waals surface area contributed by atoms with Crippen LogP contribution in [0.4, 0.5) is 0 Å². The zero-order chi connectivity index (χ0) is 13.5. The molecule has 0 heterocycles. The van der Waals surface area contributed by atoms with E-state index in [0.717, 1.165) is 5.56 Å². The molecule has 0 saturated carbocycles. The van der Waals surface area contributed by atoms with E-state index >= 15 is 0 Å².